The second kappa shape index (κ2) is 6.11. The van der Waals surface area contributed by atoms with Gasteiger partial charge in [-0.25, -0.2) is 0 Å². The van der Waals surface area contributed by atoms with Crippen LogP contribution in [0, 0.1) is 17.0 Å². The van der Waals surface area contributed by atoms with E-state index in [1.54, 1.807) is 6.92 Å². The summed E-state index contributed by atoms with van der Waals surface area (Å²) in [6.45, 7) is 3.62. The number of rotatable bonds is 5. The van der Waals surface area contributed by atoms with E-state index >= 15 is 0 Å². The Labute approximate surface area is 105 Å². The number of carbonyl (C=O) groups excluding carboxylic acids is 1. The molecule has 0 heterocycles. The fourth-order valence-electron chi connectivity index (χ4n) is 1.49. The van der Waals surface area contributed by atoms with E-state index in [4.69, 9.17) is 5.73 Å². The van der Waals surface area contributed by atoms with Crippen molar-refractivity contribution in [1.29, 1.82) is 0 Å². The van der Waals surface area contributed by atoms with Gasteiger partial charge in [0.05, 0.1) is 4.92 Å². The van der Waals surface area contributed by atoms with Crippen molar-refractivity contribution in [2.24, 2.45) is 5.73 Å². The molecule has 1 aromatic carbocycles. The number of aryl methyl sites for hydroxylation is 1. The van der Waals surface area contributed by atoms with Gasteiger partial charge in [-0.1, -0.05) is 6.92 Å². The molecule has 6 heteroatoms. The molecule has 6 nitrogen and oxygen atoms in total. The highest BCUT2D eigenvalue weighted by Crippen LogP contribution is 2.21. The third-order valence-electron chi connectivity index (χ3n) is 2.67. The zero-order valence-corrected chi connectivity index (χ0v) is 10.5. The number of hydrogen-bond donors (Lipinski definition) is 2. The van der Waals surface area contributed by atoms with Crippen molar-refractivity contribution < 1.29 is 9.72 Å². The van der Waals surface area contributed by atoms with Crippen LogP contribution < -0.4 is 11.1 Å². The number of anilines is 1. The van der Waals surface area contributed by atoms with Crippen molar-refractivity contribution in [2.45, 2.75) is 32.7 Å². The first-order chi connectivity index (χ1) is 8.43. The topological polar surface area (TPSA) is 98.3 Å². The third kappa shape index (κ3) is 3.81. The van der Waals surface area contributed by atoms with Crippen molar-refractivity contribution in [3.63, 3.8) is 0 Å². The summed E-state index contributed by atoms with van der Waals surface area (Å²) in [4.78, 5) is 21.7. The van der Waals surface area contributed by atoms with Crippen LogP contribution in [0.25, 0.3) is 0 Å². The number of nitrogens with two attached hydrogens (primary N) is 1. The Morgan fingerprint density at radius 1 is 1.56 bits per heavy atom. The summed E-state index contributed by atoms with van der Waals surface area (Å²) in [6, 6.07) is 4.16. The molecular weight excluding hydrogens is 234 g/mol. The van der Waals surface area contributed by atoms with Gasteiger partial charge < -0.3 is 11.1 Å². The number of nitro benzene ring substituents is 1. The van der Waals surface area contributed by atoms with E-state index in [0.29, 0.717) is 11.3 Å². The van der Waals surface area contributed by atoms with Gasteiger partial charge in [-0.3, -0.25) is 14.9 Å². The molecule has 1 unspecified atom stereocenters. The molecule has 0 aliphatic carbocycles. The van der Waals surface area contributed by atoms with Gasteiger partial charge in [0.15, 0.2) is 0 Å². The lowest BCUT2D eigenvalue weighted by Crippen LogP contribution is -2.26. The molecule has 3 N–H and O–H groups in total. The molecule has 98 valence electrons. The van der Waals surface area contributed by atoms with E-state index in [0.717, 1.165) is 6.42 Å². The predicted octanol–water partition coefficient (Wildman–Crippen LogP) is 1.97. The molecule has 0 aliphatic heterocycles. The van der Waals surface area contributed by atoms with E-state index in [9.17, 15) is 14.9 Å². The fraction of sp³-hybridized carbons (Fsp3) is 0.417. The Morgan fingerprint density at radius 3 is 2.72 bits per heavy atom. The Morgan fingerprint density at radius 2 is 2.22 bits per heavy atom. The molecule has 0 aromatic heterocycles. The maximum atomic E-state index is 11.6. The van der Waals surface area contributed by atoms with Crippen LogP contribution in [0.2, 0.25) is 0 Å². The van der Waals surface area contributed by atoms with Crippen LogP contribution in [0.1, 0.15) is 25.3 Å². The monoisotopic (exact) mass is 251 g/mol. The molecule has 0 bridgehead atoms. The number of non-ortho nitro benzene ring substituents is 1. The number of hydrogen-bond acceptors (Lipinski definition) is 4. The first-order valence-electron chi connectivity index (χ1n) is 5.74. The Bertz CT molecular complexity index is 460. The summed E-state index contributed by atoms with van der Waals surface area (Å²) in [5, 5.41) is 13.3. The molecule has 1 rings (SSSR count). The van der Waals surface area contributed by atoms with Gasteiger partial charge in [0.25, 0.3) is 5.69 Å². The standard InChI is InChI=1S/C12H17N3O3/c1-3-9(13)7-12(16)14-11-5-4-10(15(17)18)6-8(11)2/h4-6,9H,3,7,13H2,1-2H3,(H,14,16). The van der Waals surface area contributed by atoms with Gasteiger partial charge >= 0.3 is 0 Å². The quantitative estimate of drug-likeness (QED) is 0.617. The van der Waals surface area contributed by atoms with Crippen LogP contribution in [0.4, 0.5) is 11.4 Å². The van der Waals surface area contributed by atoms with Crippen molar-refractivity contribution in [3.05, 3.63) is 33.9 Å². The highest BCUT2D eigenvalue weighted by atomic mass is 16.6. The van der Waals surface area contributed by atoms with E-state index in [1.807, 2.05) is 6.92 Å². The van der Waals surface area contributed by atoms with Gasteiger partial charge in [-0.05, 0) is 25.0 Å². The highest BCUT2D eigenvalue weighted by Gasteiger charge is 2.11. The minimum atomic E-state index is -0.467. The minimum absolute atomic E-state index is 0.00996. The van der Waals surface area contributed by atoms with Crippen molar-refractivity contribution in [2.75, 3.05) is 5.32 Å². The van der Waals surface area contributed by atoms with Gasteiger partial charge in [0.1, 0.15) is 0 Å². The predicted molar refractivity (Wildman–Crippen MR) is 69.3 cm³/mol. The lowest BCUT2D eigenvalue weighted by molar-refractivity contribution is -0.384. The molecule has 0 saturated heterocycles. The molecular formula is C12H17N3O3. The molecule has 0 radical (unpaired) electrons. The van der Waals surface area contributed by atoms with Gasteiger partial charge in [-0.2, -0.15) is 0 Å². The number of carbonyl (C=O) groups is 1. The molecule has 0 spiro atoms. The van der Waals surface area contributed by atoms with E-state index in [1.165, 1.54) is 18.2 Å². The second-order valence-corrected chi connectivity index (χ2v) is 4.18. The fourth-order valence-corrected chi connectivity index (χ4v) is 1.49. The third-order valence-corrected chi connectivity index (χ3v) is 2.67. The molecule has 0 fully saturated rings. The molecule has 1 amide bonds. The van der Waals surface area contributed by atoms with Crippen LogP contribution in [-0.4, -0.2) is 16.9 Å². The van der Waals surface area contributed by atoms with Crippen molar-refractivity contribution in [1.82, 2.24) is 0 Å². The van der Waals surface area contributed by atoms with Crippen molar-refractivity contribution >= 4 is 17.3 Å². The molecule has 0 saturated carbocycles. The normalized spacial score (nSPS) is 11.9. The Kier molecular flexibility index (Phi) is 4.79. The summed E-state index contributed by atoms with van der Waals surface area (Å²) in [7, 11) is 0. The number of nitro groups is 1. The average Bonchev–Trinajstić information content (AvgIpc) is 2.31. The minimum Gasteiger partial charge on any atom is -0.327 e. The number of nitrogens with zero attached hydrogens (tertiary/aromatic N) is 1. The largest absolute Gasteiger partial charge is 0.327 e. The summed E-state index contributed by atoms with van der Waals surface area (Å²) in [5.74, 6) is -0.179. The highest BCUT2D eigenvalue weighted by molar-refractivity contribution is 5.92. The zero-order valence-electron chi connectivity index (χ0n) is 10.5. The molecule has 1 aromatic rings. The molecule has 0 aliphatic rings. The zero-order chi connectivity index (χ0) is 13.7. The lowest BCUT2D eigenvalue weighted by Gasteiger charge is -2.11. The van der Waals surface area contributed by atoms with Crippen LogP contribution in [0.15, 0.2) is 18.2 Å². The molecule has 1 atom stereocenters. The van der Waals surface area contributed by atoms with Crippen molar-refractivity contribution in [3.8, 4) is 0 Å². The van der Waals surface area contributed by atoms with Crippen LogP contribution in [0.5, 0.6) is 0 Å². The molecule has 18 heavy (non-hydrogen) atoms. The lowest BCUT2D eigenvalue weighted by atomic mass is 10.1. The first-order valence-corrected chi connectivity index (χ1v) is 5.74. The maximum Gasteiger partial charge on any atom is 0.269 e. The smallest absolute Gasteiger partial charge is 0.269 e. The van der Waals surface area contributed by atoms with E-state index in [2.05, 4.69) is 5.32 Å². The maximum absolute atomic E-state index is 11.6. The Hall–Kier alpha value is -1.95. The second-order valence-electron chi connectivity index (χ2n) is 4.18. The summed E-state index contributed by atoms with van der Waals surface area (Å²) in [5.41, 5.74) is 6.92. The SMILES string of the molecule is CCC(N)CC(=O)Nc1ccc([N+](=O)[O-])cc1C. The van der Waals surface area contributed by atoms with Gasteiger partial charge in [0.2, 0.25) is 5.91 Å². The Balaban J connectivity index is 2.74. The van der Waals surface area contributed by atoms with Gasteiger partial charge in [-0.15, -0.1) is 0 Å². The van der Waals surface area contributed by atoms with Crippen LogP contribution in [-0.2, 0) is 4.79 Å². The van der Waals surface area contributed by atoms with E-state index < -0.39 is 4.92 Å². The van der Waals surface area contributed by atoms with Gasteiger partial charge in [0, 0.05) is 30.3 Å². The summed E-state index contributed by atoms with van der Waals surface area (Å²) in [6.07, 6.45) is 0.972. The first kappa shape index (κ1) is 14.1. The number of nitrogens with one attached hydrogen (secondary N) is 1. The number of benzene rings is 1. The van der Waals surface area contributed by atoms with Crippen LogP contribution in [0.3, 0.4) is 0 Å². The number of amides is 1. The average molecular weight is 251 g/mol. The van der Waals surface area contributed by atoms with E-state index in [-0.39, 0.29) is 24.1 Å². The van der Waals surface area contributed by atoms with Crippen LogP contribution >= 0.6 is 0 Å². The summed E-state index contributed by atoms with van der Waals surface area (Å²) >= 11 is 0. The summed E-state index contributed by atoms with van der Waals surface area (Å²) < 4.78 is 0.